The second-order valence-corrected chi connectivity index (χ2v) is 5.20. The summed E-state index contributed by atoms with van der Waals surface area (Å²) in [6.45, 7) is 2.24. The maximum atomic E-state index is 12.1. The number of nitrogens with zero attached hydrogens (tertiary/aromatic N) is 3. The predicted octanol–water partition coefficient (Wildman–Crippen LogP) is 1.35. The van der Waals surface area contributed by atoms with E-state index in [0.717, 1.165) is 25.9 Å². The SMILES string of the molecule is CN(C)CC(=O)N1CCCC(c2ccncc2)C1. The number of hydrogen-bond donors (Lipinski definition) is 0. The van der Waals surface area contributed by atoms with Gasteiger partial charge in [0.2, 0.25) is 5.91 Å². The van der Waals surface area contributed by atoms with Gasteiger partial charge in [-0.1, -0.05) is 0 Å². The van der Waals surface area contributed by atoms with Crippen LogP contribution in [0.3, 0.4) is 0 Å². The fourth-order valence-electron chi connectivity index (χ4n) is 2.48. The average molecular weight is 247 g/mol. The van der Waals surface area contributed by atoms with E-state index in [1.807, 2.05) is 36.3 Å². The number of amides is 1. The summed E-state index contributed by atoms with van der Waals surface area (Å²) in [6.07, 6.45) is 5.91. The lowest BCUT2D eigenvalue weighted by atomic mass is 9.91. The van der Waals surface area contributed by atoms with Crippen LogP contribution in [-0.2, 0) is 4.79 Å². The third-order valence-corrected chi connectivity index (χ3v) is 3.40. The van der Waals surface area contributed by atoms with Crippen LogP contribution in [0.15, 0.2) is 24.5 Å². The van der Waals surface area contributed by atoms with Crippen molar-refractivity contribution in [1.29, 1.82) is 0 Å². The van der Waals surface area contributed by atoms with Crippen molar-refractivity contribution in [3.63, 3.8) is 0 Å². The Morgan fingerprint density at radius 1 is 1.44 bits per heavy atom. The quantitative estimate of drug-likeness (QED) is 0.809. The third kappa shape index (κ3) is 3.29. The molecule has 0 N–H and O–H groups in total. The molecule has 0 bridgehead atoms. The van der Waals surface area contributed by atoms with Crippen LogP contribution in [0.1, 0.15) is 24.3 Å². The van der Waals surface area contributed by atoms with Crippen LogP contribution in [0.4, 0.5) is 0 Å². The first-order chi connectivity index (χ1) is 8.66. The fraction of sp³-hybridized carbons (Fsp3) is 0.571. The Labute approximate surface area is 109 Å². The summed E-state index contributed by atoms with van der Waals surface area (Å²) < 4.78 is 0. The zero-order chi connectivity index (χ0) is 13.0. The van der Waals surface area contributed by atoms with Crippen LogP contribution < -0.4 is 0 Å². The third-order valence-electron chi connectivity index (χ3n) is 3.40. The van der Waals surface area contributed by atoms with Crippen LogP contribution in [0.5, 0.6) is 0 Å². The Morgan fingerprint density at radius 2 is 2.17 bits per heavy atom. The smallest absolute Gasteiger partial charge is 0.236 e. The lowest BCUT2D eigenvalue weighted by Crippen LogP contribution is -2.43. The van der Waals surface area contributed by atoms with Gasteiger partial charge in [0, 0.05) is 31.4 Å². The Kier molecular flexibility index (Phi) is 4.31. The van der Waals surface area contributed by atoms with Gasteiger partial charge < -0.3 is 9.80 Å². The number of likely N-dealkylation sites (tertiary alicyclic amines) is 1. The van der Waals surface area contributed by atoms with Crippen molar-refractivity contribution in [1.82, 2.24) is 14.8 Å². The maximum Gasteiger partial charge on any atom is 0.236 e. The summed E-state index contributed by atoms with van der Waals surface area (Å²) in [7, 11) is 3.87. The molecular weight excluding hydrogens is 226 g/mol. The van der Waals surface area contributed by atoms with Crippen molar-refractivity contribution >= 4 is 5.91 Å². The van der Waals surface area contributed by atoms with Gasteiger partial charge in [0.05, 0.1) is 6.54 Å². The van der Waals surface area contributed by atoms with Gasteiger partial charge in [0.25, 0.3) is 0 Å². The molecule has 1 aliphatic heterocycles. The summed E-state index contributed by atoms with van der Waals surface area (Å²) in [5, 5.41) is 0. The highest BCUT2D eigenvalue weighted by atomic mass is 16.2. The molecule has 0 aromatic carbocycles. The molecule has 0 saturated carbocycles. The zero-order valence-electron chi connectivity index (χ0n) is 11.2. The summed E-state index contributed by atoms with van der Waals surface area (Å²) >= 11 is 0. The van der Waals surface area contributed by atoms with E-state index < -0.39 is 0 Å². The molecule has 2 rings (SSSR count). The van der Waals surface area contributed by atoms with Gasteiger partial charge >= 0.3 is 0 Å². The van der Waals surface area contributed by atoms with E-state index in [2.05, 4.69) is 17.1 Å². The topological polar surface area (TPSA) is 36.4 Å². The molecule has 1 aromatic rings. The highest BCUT2D eigenvalue weighted by Crippen LogP contribution is 2.26. The molecule has 0 radical (unpaired) electrons. The van der Waals surface area contributed by atoms with E-state index in [4.69, 9.17) is 0 Å². The predicted molar refractivity (Wildman–Crippen MR) is 71.3 cm³/mol. The normalized spacial score (nSPS) is 20.2. The van der Waals surface area contributed by atoms with E-state index in [-0.39, 0.29) is 5.91 Å². The van der Waals surface area contributed by atoms with Gasteiger partial charge in [-0.2, -0.15) is 0 Å². The number of aromatic nitrogens is 1. The molecule has 98 valence electrons. The van der Waals surface area contributed by atoms with Crippen LogP contribution in [-0.4, -0.2) is 54.4 Å². The first-order valence-corrected chi connectivity index (χ1v) is 6.49. The van der Waals surface area contributed by atoms with Crippen molar-refractivity contribution in [2.45, 2.75) is 18.8 Å². The summed E-state index contributed by atoms with van der Waals surface area (Å²) in [6, 6.07) is 4.12. The molecule has 18 heavy (non-hydrogen) atoms. The Balaban J connectivity index is 1.98. The zero-order valence-corrected chi connectivity index (χ0v) is 11.2. The average Bonchev–Trinajstić information content (AvgIpc) is 2.39. The molecule has 1 fully saturated rings. The summed E-state index contributed by atoms with van der Waals surface area (Å²) in [5.41, 5.74) is 1.30. The minimum Gasteiger partial charge on any atom is -0.341 e. The van der Waals surface area contributed by atoms with Crippen LogP contribution in [0.25, 0.3) is 0 Å². The monoisotopic (exact) mass is 247 g/mol. The van der Waals surface area contributed by atoms with Crippen LogP contribution in [0.2, 0.25) is 0 Å². The summed E-state index contributed by atoms with van der Waals surface area (Å²) in [5.74, 6) is 0.701. The maximum absolute atomic E-state index is 12.1. The van der Waals surface area contributed by atoms with Gasteiger partial charge in [-0.25, -0.2) is 0 Å². The Hall–Kier alpha value is -1.42. The largest absolute Gasteiger partial charge is 0.341 e. The van der Waals surface area contributed by atoms with Crippen molar-refractivity contribution in [2.24, 2.45) is 0 Å². The number of piperidine rings is 1. The molecule has 1 aromatic heterocycles. The second kappa shape index (κ2) is 5.96. The molecule has 0 spiro atoms. The lowest BCUT2D eigenvalue weighted by molar-refractivity contribution is -0.133. The van der Waals surface area contributed by atoms with E-state index in [1.54, 1.807) is 0 Å². The molecule has 4 heteroatoms. The molecule has 1 aliphatic rings. The van der Waals surface area contributed by atoms with Gasteiger partial charge in [0.1, 0.15) is 0 Å². The lowest BCUT2D eigenvalue weighted by Gasteiger charge is -2.33. The van der Waals surface area contributed by atoms with E-state index in [9.17, 15) is 4.79 Å². The van der Waals surface area contributed by atoms with Crippen molar-refractivity contribution in [3.8, 4) is 0 Å². The van der Waals surface area contributed by atoms with Gasteiger partial charge in [0.15, 0.2) is 0 Å². The van der Waals surface area contributed by atoms with Gasteiger partial charge in [-0.3, -0.25) is 9.78 Å². The molecule has 1 atom stereocenters. The molecule has 1 saturated heterocycles. The first-order valence-electron chi connectivity index (χ1n) is 6.49. The number of hydrogen-bond acceptors (Lipinski definition) is 3. The molecule has 4 nitrogen and oxygen atoms in total. The van der Waals surface area contributed by atoms with Crippen molar-refractivity contribution < 1.29 is 4.79 Å². The van der Waals surface area contributed by atoms with E-state index in [0.29, 0.717) is 12.5 Å². The number of rotatable bonds is 3. The number of pyridine rings is 1. The van der Waals surface area contributed by atoms with E-state index in [1.165, 1.54) is 5.56 Å². The number of carbonyl (C=O) groups is 1. The van der Waals surface area contributed by atoms with Crippen molar-refractivity contribution in [3.05, 3.63) is 30.1 Å². The first kappa shape index (κ1) is 13.0. The van der Waals surface area contributed by atoms with Crippen LogP contribution >= 0.6 is 0 Å². The molecule has 2 heterocycles. The second-order valence-electron chi connectivity index (χ2n) is 5.20. The minimum absolute atomic E-state index is 0.235. The Bertz CT molecular complexity index is 391. The standard InChI is InChI=1S/C14H21N3O/c1-16(2)11-14(18)17-9-3-4-13(10-17)12-5-7-15-8-6-12/h5-8,13H,3-4,9-11H2,1-2H3. The molecular formula is C14H21N3O. The highest BCUT2D eigenvalue weighted by Gasteiger charge is 2.24. The van der Waals surface area contributed by atoms with Crippen LogP contribution in [0, 0.1) is 0 Å². The summed E-state index contributed by atoms with van der Waals surface area (Å²) in [4.78, 5) is 20.0. The fourth-order valence-corrected chi connectivity index (χ4v) is 2.48. The van der Waals surface area contributed by atoms with Crippen molar-refractivity contribution in [2.75, 3.05) is 33.7 Å². The van der Waals surface area contributed by atoms with Gasteiger partial charge in [-0.15, -0.1) is 0 Å². The number of likely N-dealkylation sites (N-methyl/N-ethyl adjacent to an activating group) is 1. The van der Waals surface area contributed by atoms with E-state index >= 15 is 0 Å². The molecule has 1 unspecified atom stereocenters. The Morgan fingerprint density at radius 3 is 2.83 bits per heavy atom. The molecule has 1 amide bonds. The van der Waals surface area contributed by atoms with Gasteiger partial charge in [-0.05, 0) is 44.6 Å². The minimum atomic E-state index is 0.235. The molecule has 0 aliphatic carbocycles. The number of carbonyl (C=O) groups excluding carboxylic acids is 1. The highest BCUT2D eigenvalue weighted by molar-refractivity contribution is 5.78.